The second-order valence-electron chi connectivity index (χ2n) is 8.12. The van der Waals surface area contributed by atoms with Gasteiger partial charge in [0.25, 0.3) is 0 Å². The fourth-order valence-corrected chi connectivity index (χ4v) is 3.95. The van der Waals surface area contributed by atoms with Crippen LogP contribution in [0, 0.1) is 13.8 Å². The first kappa shape index (κ1) is 20.8. The lowest BCUT2D eigenvalue weighted by molar-refractivity contribution is -0.127. The normalized spacial score (nSPS) is 16.6. The minimum Gasteiger partial charge on any atom is -0.340 e. The first-order chi connectivity index (χ1) is 15.0. The number of likely N-dealkylation sites (tertiary alicyclic amines) is 1. The van der Waals surface area contributed by atoms with E-state index in [0.29, 0.717) is 6.54 Å². The summed E-state index contributed by atoms with van der Waals surface area (Å²) in [4.78, 5) is 24.0. The third kappa shape index (κ3) is 5.36. The molecule has 160 valence electrons. The van der Waals surface area contributed by atoms with Gasteiger partial charge in [0.2, 0.25) is 5.91 Å². The largest absolute Gasteiger partial charge is 0.340 e. The van der Waals surface area contributed by atoms with Gasteiger partial charge in [-0.3, -0.25) is 14.5 Å². The number of aromatic nitrogens is 4. The maximum Gasteiger partial charge on any atom is 0.246 e. The predicted octanol–water partition coefficient (Wildman–Crippen LogP) is 3.99. The van der Waals surface area contributed by atoms with Crippen molar-refractivity contribution in [2.75, 3.05) is 18.4 Å². The van der Waals surface area contributed by atoms with Crippen LogP contribution in [0.25, 0.3) is 6.08 Å². The van der Waals surface area contributed by atoms with Crippen molar-refractivity contribution in [2.45, 2.75) is 32.6 Å². The second-order valence-corrected chi connectivity index (χ2v) is 8.12. The lowest BCUT2D eigenvalue weighted by Crippen LogP contribution is -2.38. The van der Waals surface area contributed by atoms with E-state index in [1.807, 2.05) is 62.3 Å². The molecule has 1 atom stereocenters. The Kier molecular flexibility index (Phi) is 6.11. The highest BCUT2D eigenvalue weighted by molar-refractivity contribution is 5.91. The van der Waals surface area contributed by atoms with Crippen molar-refractivity contribution >= 4 is 23.5 Å². The second kappa shape index (κ2) is 9.12. The van der Waals surface area contributed by atoms with Crippen LogP contribution in [0.4, 0.5) is 11.5 Å². The molecule has 0 aliphatic carbocycles. The van der Waals surface area contributed by atoms with Crippen molar-refractivity contribution in [3.8, 4) is 0 Å². The van der Waals surface area contributed by atoms with E-state index in [1.165, 1.54) is 0 Å². The van der Waals surface area contributed by atoms with Crippen molar-refractivity contribution in [2.24, 2.45) is 7.05 Å². The zero-order chi connectivity index (χ0) is 21.8. The highest BCUT2D eigenvalue weighted by atomic mass is 16.2. The van der Waals surface area contributed by atoms with Crippen LogP contribution < -0.4 is 5.32 Å². The predicted molar refractivity (Wildman–Crippen MR) is 122 cm³/mol. The van der Waals surface area contributed by atoms with E-state index in [9.17, 15) is 4.79 Å². The molecule has 3 aromatic rings. The summed E-state index contributed by atoms with van der Waals surface area (Å²) in [6.45, 7) is 5.43. The first-order valence-corrected chi connectivity index (χ1v) is 10.6. The molecule has 0 spiro atoms. The fourth-order valence-electron chi connectivity index (χ4n) is 3.95. The molecule has 4 rings (SSSR count). The molecule has 0 bridgehead atoms. The van der Waals surface area contributed by atoms with Crippen molar-refractivity contribution in [1.29, 1.82) is 0 Å². The summed E-state index contributed by atoms with van der Waals surface area (Å²) < 4.78 is 1.72. The van der Waals surface area contributed by atoms with Crippen LogP contribution in [0.2, 0.25) is 0 Å². The number of carbonyl (C=O) groups excluding carboxylic acids is 1. The van der Waals surface area contributed by atoms with Gasteiger partial charge >= 0.3 is 0 Å². The summed E-state index contributed by atoms with van der Waals surface area (Å²) in [5.74, 6) is 1.07. The number of piperidine rings is 1. The van der Waals surface area contributed by atoms with Crippen molar-refractivity contribution in [3.63, 3.8) is 0 Å². The summed E-state index contributed by atoms with van der Waals surface area (Å²) in [5, 5.41) is 7.52. The quantitative estimate of drug-likeness (QED) is 0.637. The zero-order valence-electron chi connectivity index (χ0n) is 18.2. The molecule has 7 nitrogen and oxygen atoms in total. The summed E-state index contributed by atoms with van der Waals surface area (Å²) in [6.07, 6.45) is 9.08. The number of anilines is 2. The SMILES string of the molecule is Cc1cccc(Nc2cc(C)nc(C3CCCN(C(=O)C=Cc4cnn(C)c4)C3)c2)n1. The van der Waals surface area contributed by atoms with Crippen LogP contribution >= 0.6 is 0 Å². The molecule has 1 aliphatic heterocycles. The zero-order valence-corrected chi connectivity index (χ0v) is 18.2. The Balaban J connectivity index is 1.46. The smallest absolute Gasteiger partial charge is 0.246 e. The van der Waals surface area contributed by atoms with Crippen LogP contribution in [0.5, 0.6) is 0 Å². The van der Waals surface area contributed by atoms with Gasteiger partial charge in [-0.05, 0) is 57.0 Å². The summed E-state index contributed by atoms with van der Waals surface area (Å²) in [7, 11) is 1.86. The average Bonchev–Trinajstić information content (AvgIpc) is 3.17. The monoisotopic (exact) mass is 416 g/mol. The van der Waals surface area contributed by atoms with E-state index in [-0.39, 0.29) is 11.8 Å². The Morgan fingerprint density at radius 1 is 1.19 bits per heavy atom. The molecule has 1 fully saturated rings. The maximum atomic E-state index is 12.7. The van der Waals surface area contributed by atoms with E-state index in [0.717, 1.165) is 53.5 Å². The molecule has 1 amide bonds. The van der Waals surface area contributed by atoms with Crippen LogP contribution in [-0.4, -0.2) is 43.6 Å². The van der Waals surface area contributed by atoms with Gasteiger partial charge in [-0.1, -0.05) is 6.07 Å². The number of pyridine rings is 2. The van der Waals surface area contributed by atoms with Gasteiger partial charge in [-0.2, -0.15) is 5.10 Å². The molecule has 0 radical (unpaired) electrons. The lowest BCUT2D eigenvalue weighted by atomic mass is 9.93. The van der Waals surface area contributed by atoms with Gasteiger partial charge in [0, 0.05) is 66.7 Å². The number of hydrogen-bond acceptors (Lipinski definition) is 5. The summed E-state index contributed by atoms with van der Waals surface area (Å²) >= 11 is 0. The standard InChI is InChI=1S/C24H28N6O/c1-17-6-4-8-23(27-17)28-21-12-18(2)26-22(13-21)20-7-5-11-30(16-20)24(31)10-9-19-14-25-29(3)15-19/h4,6,8-10,12-15,20H,5,7,11,16H2,1-3H3,(H,26,27,28). The van der Waals surface area contributed by atoms with Crippen molar-refractivity contribution in [1.82, 2.24) is 24.6 Å². The Morgan fingerprint density at radius 2 is 2.06 bits per heavy atom. The average molecular weight is 417 g/mol. The topological polar surface area (TPSA) is 75.9 Å². The minimum absolute atomic E-state index is 0.0310. The number of rotatable bonds is 5. The molecule has 0 aromatic carbocycles. The first-order valence-electron chi connectivity index (χ1n) is 10.6. The van der Waals surface area contributed by atoms with Crippen molar-refractivity contribution < 1.29 is 4.79 Å². The Morgan fingerprint density at radius 3 is 2.84 bits per heavy atom. The molecule has 1 saturated heterocycles. The molecule has 0 saturated carbocycles. The van der Waals surface area contributed by atoms with Gasteiger partial charge < -0.3 is 10.2 Å². The maximum absolute atomic E-state index is 12.7. The van der Waals surface area contributed by atoms with Crippen LogP contribution in [0.1, 0.15) is 41.4 Å². The summed E-state index contributed by atoms with van der Waals surface area (Å²) in [5.41, 5.74) is 4.83. The van der Waals surface area contributed by atoms with Crippen LogP contribution in [0.15, 0.2) is 48.8 Å². The van der Waals surface area contributed by atoms with E-state index >= 15 is 0 Å². The molecule has 1 N–H and O–H groups in total. The fraction of sp³-hybridized carbons (Fsp3) is 0.333. The highest BCUT2D eigenvalue weighted by Gasteiger charge is 2.25. The molecular formula is C24H28N6O. The van der Waals surface area contributed by atoms with Gasteiger partial charge in [0.15, 0.2) is 0 Å². The Bertz CT molecular complexity index is 1100. The number of aryl methyl sites for hydroxylation is 3. The highest BCUT2D eigenvalue weighted by Crippen LogP contribution is 2.29. The number of nitrogens with one attached hydrogen (secondary N) is 1. The van der Waals surface area contributed by atoms with Gasteiger partial charge in [0.05, 0.1) is 6.20 Å². The molecule has 1 aliphatic rings. The lowest BCUT2D eigenvalue weighted by Gasteiger charge is -2.32. The Hall–Kier alpha value is -3.48. The van der Waals surface area contributed by atoms with Crippen molar-refractivity contribution in [3.05, 3.63) is 71.4 Å². The summed E-state index contributed by atoms with van der Waals surface area (Å²) in [6, 6.07) is 10.0. The van der Waals surface area contributed by atoms with Gasteiger partial charge in [-0.25, -0.2) is 4.98 Å². The number of nitrogens with zero attached hydrogens (tertiary/aromatic N) is 5. The third-order valence-corrected chi connectivity index (χ3v) is 5.43. The molecular weight excluding hydrogens is 388 g/mol. The molecule has 3 aromatic heterocycles. The van der Waals surface area contributed by atoms with Gasteiger partial charge in [-0.15, -0.1) is 0 Å². The Labute approximate surface area is 182 Å². The van der Waals surface area contributed by atoms with Crippen LogP contribution in [-0.2, 0) is 11.8 Å². The number of amides is 1. The molecule has 1 unspecified atom stereocenters. The number of carbonyl (C=O) groups is 1. The van der Waals surface area contributed by atoms with E-state index in [1.54, 1.807) is 17.0 Å². The molecule has 4 heterocycles. The number of hydrogen-bond donors (Lipinski definition) is 1. The molecule has 7 heteroatoms. The minimum atomic E-state index is 0.0310. The van der Waals surface area contributed by atoms with E-state index in [2.05, 4.69) is 21.5 Å². The van der Waals surface area contributed by atoms with Gasteiger partial charge in [0.1, 0.15) is 5.82 Å². The van der Waals surface area contributed by atoms with Crippen LogP contribution in [0.3, 0.4) is 0 Å². The van der Waals surface area contributed by atoms with E-state index < -0.39 is 0 Å². The molecule has 31 heavy (non-hydrogen) atoms. The third-order valence-electron chi connectivity index (χ3n) is 5.43. The van der Waals surface area contributed by atoms with E-state index in [4.69, 9.17) is 4.98 Å².